The second-order valence-corrected chi connectivity index (χ2v) is 4.63. The Hall–Kier alpha value is -1.40. The summed E-state index contributed by atoms with van der Waals surface area (Å²) >= 11 is 5.80. The fraction of sp³-hybridized carbons (Fsp3) is 0.200. The molecule has 1 aromatic carbocycles. The van der Waals surface area contributed by atoms with Gasteiger partial charge in [-0.2, -0.15) is 0 Å². The molecule has 0 amide bonds. The molecule has 1 heterocycles. The summed E-state index contributed by atoms with van der Waals surface area (Å²) in [6.07, 6.45) is 0.529. The predicted octanol–water partition coefficient (Wildman–Crippen LogP) is 1.91. The van der Waals surface area contributed by atoms with Crippen LogP contribution in [0.3, 0.4) is 0 Å². The summed E-state index contributed by atoms with van der Waals surface area (Å²) in [4.78, 5) is 11.1. The minimum Gasteiger partial charge on any atom is -0.493 e. The summed E-state index contributed by atoms with van der Waals surface area (Å²) < 4.78 is 11.2. The molecule has 0 aliphatic carbocycles. The summed E-state index contributed by atoms with van der Waals surface area (Å²) in [7, 11) is 0. The van der Waals surface area contributed by atoms with Gasteiger partial charge in [-0.25, -0.2) is 4.79 Å². The van der Waals surface area contributed by atoms with E-state index in [9.17, 15) is 4.79 Å². The Labute approximate surface area is 101 Å². The average molecular weight is 255 g/mol. The van der Waals surface area contributed by atoms with E-state index in [0.717, 1.165) is 16.0 Å². The smallest absolute Gasteiger partial charge is 0.396 e. The van der Waals surface area contributed by atoms with Crippen LogP contribution in [0.25, 0.3) is 10.3 Å². The highest BCUT2D eigenvalue weighted by atomic mass is 32.1. The van der Waals surface area contributed by atoms with E-state index in [1.165, 1.54) is 0 Å². The average Bonchev–Trinajstić information content (AvgIpc) is 2.56. The van der Waals surface area contributed by atoms with Crippen molar-refractivity contribution in [3.05, 3.63) is 27.9 Å². The maximum atomic E-state index is 11.0. The van der Waals surface area contributed by atoms with Gasteiger partial charge in [0.05, 0.1) is 16.3 Å². The zero-order valence-corrected chi connectivity index (χ0v) is 9.90. The van der Waals surface area contributed by atoms with Gasteiger partial charge in [-0.3, -0.25) is 0 Å². The number of nitrogens with two attached hydrogens (primary N) is 1. The highest BCUT2D eigenvalue weighted by Crippen LogP contribution is 2.22. The van der Waals surface area contributed by atoms with Gasteiger partial charge < -0.3 is 14.9 Å². The number of ether oxygens (including phenoxy) is 1. The molecule has 0 aliphatic rings. The van der Waals surface area contributed by atoms with Gasteiger partial charge >= 0.3 is 4.94 Å². The Morgan fingerprint density at radius 2 is 2.38 bits per heavy atom. The number of rotatable bonds is 4. The Morgan fingerprint density at radius 1 is 1.56 bits per heavy atom. The second kappa shape index (κ2) is 4.63. The van der Waals surface area contributed by atoms with E-state index in [1.807, 2.05) is 0 Å². The lowest BCUT2D eigenvalue weighted by atomic mass is 10.3. The van der Waals surface area contributed by atoms with Gasteiger partial charge in [-0.1, -0.05) is 23.6 Å². The van der Waals surface area contributed by atoms with Crippen molar-refractivity contribution in [2.45, 2.75) is 6.42 Å². The summed E-state index contributed by atoms with van der Waals surface area (Å²) in [5.41, 5.74) is 5.89. The van der Waals surface area contributed by atoms with Crippen molar-refractivity contribution < 1.29 is 9.15 Å². The molecule has 0 saturated carbocycles. The normalized spacial score (nSPS) is 10.5. The monoisotopic (exact) mass is 255 g/mol. The van der Waals surface area contributed by atoms with Crippen LogP contribution in [0.2, 0.25) is 0 Å². The molecule has 2 rings (SSSR count). The standard InChI is InChI=1S/C10H9NO3S2/c11-9(15)3-4-13-6-1-2-8-7(5-6)14-10(12)16-8/h1-2,5H,3-4H2,(H2,11,15). The van der Waals surface area contributed by atoms with Crippen molar-refractivity contribution in [2.75, 3.05) is 6.61 Å². The first-order valence-electron chi connectivity index (χ1n) is 4.60. The van der Waals surface area contributed by atoms with Crippen LogP contribution in [0.15, 0.2) is 27.4 Å². The Kier molecular flexibility index (Phi) is 3.21. The Bertz CT molecular complexity index is 573. The zero-order chi connectivity index (χ0) is 11.5. The van der Waals surface area contributed by atoms with Crippen LogP contribution in [-0.4, -0.2) is 11.6 Å². The van der Waals surface area contributed by atoms with E-state index in [4.69, 9.17) is 27.1 Å². The SMILES string of the molecule is NC(=S)CCOc1ccc2sc(=O)oc2c1. The van der Waals surface area contributed by atoms with E-state index in [-0.39, 0.29) is 4.94 Å². The van der Waals surface area contributed by atoms with Crippen LogP contribution in [0.1, 0.15) is 6.42 Å². The fourth-order valence-corrected chi connectivity index (χ4v) is 1.94. The molecule has 0 spiro atoms. The van der Waals surface area contributed by atoms with Gasteiger partial charge in [0, 0.05) is 12.5 Å². The predicted molar refractivity (Wildman–Crippen MR) is 67.3 cm³/mol. The third kappa shape index (κ3) is 2.59. The second-order valence-electron chi connectivity index (χ2n) is 3.13. The van der Waals surface area contributed by atoms with Crippen molar-refractivity contribution in [2.24, 2.45) is 5.73 Å². The van der Waals surface area contributed by atoms with Gasteiger partial charge in [0.25, 0.3) is 0 Å². The molecule has 6 heteroatoms. The van der Waals surface area contributed by atoms with E-state index >= 15 is 0 Å². The summed E-state index contributed by atoms with van der Waals surface area (Å²) in [6, 6.07) is 5.27. The largest absolute Gasteiger partial charge is 0.493 e. The molecule has 4 nitrogen and oxygen atoms in total. The van der Waals surface area contributed by atoms with Crippen LogP contribution < -0.4 is 15.4 Å². The minimum atomic E-state index is -0.310. The molecular weight excluding hydrogens is 246 g/mol. The first kappa shape index (κ1) is 11.1. The maximum absolute atomic E-state index is 11.0. The van der Waals surface area contributed by atoms with Gasteiger partial charge in [0.15, 0.2) is 5.58 Å². The van der Waals surface area contributed by atoms with E-state index < -0.39 is 0 Å². The van der Waals surface area contributed by atoms with Gasteiger partial charge in [-0.15, -0.1) is 0 Å². The quantitative estimate of drug-likeness (QED) is 0.845. The van der Waals surface area contributed by atoms with E-state index in [0.29, 0.717) is 29.3 Å². The van der Waals surface area contributed by atoms with Crippen molar-refractivity contribution in [1.82, 2.24) is 0 Å². The van der Waals surface area contributed by atoms with Crippen molar-refractivity contribution in [1.29, 1.82) is 0 Å². The van der Waals surface area contributed by atoms with E-state index in [2.05, 4.69) is 0 Å². The van der Waals surface area contributed by atoms with Crippen molar-refractivity contribution in [3.63, 3.8) is 0 Å². The maximum Gasteiger partial charge on any atom is 0.396 e. The van der Waals surface area contributed by atoms with E-state index in [1.54, 1.807) is 18.2 Å². The van der Waals surface area contributed by atoms with Crippen LogP contribution in [0, 0.1) is 0 Å². The minimum absolute atomic E-state index is 0.310. The summed E-state index contributed by atoms with van der Waals surface area (Å²) in [6.45, 7) is 0.426. The molecule has 16 heavy (non-hydrogen) atoms. The third-order valence-corrected chi connectivity index (χ3v) is 2.93. The number of fused-ring (bicyclic) bond motifs is 1. The zero-order valence-electron chi connectivity index (χ0n) is 8.26. The molecular formula is C10H9NO3S2. The number of benzene rings is 1. The molecule has 0 aliphatic heterocycles. The highest BCUT2D eigenvalue weighted by molar-refractivity contribution is 7.80. The molecule has 1 aromatic heterocycles. The van der Waals surface area contributed by atoms with Crippen molar-refractivity contribution >= 4 is 38.8 Å². The topological polar surface area (TPSA) is 65.5 Å². The Balaban J connectivity index is 2.13. The van der Waals surface area contributed by atoms with Crippen molar-refractivity contribution in [3.8, 4) is 5.75 Å². The summed E-state index contributed by atoms with van der Waals surface area (Å²) in [5, 5.41) is 0. The number of thiocarbonyl (C=S) groups is 1. The number of hydrogen-bond acceptors (Lipinski definition) is 5. The molecule has 0 atom stereocenters. The lowest BCUT2D eigenvalue weighted by Crippen LogP contribution is -2.12. The molecule has 2 aromatic rings. The van der Waals surface area contributed by atoms with Crippen LogP contribution in [-0.2, 0) is 0 Å². The molecule has 0 bridgehead atoms. The van der Waals surface area contributed by atoms with Crippen LogP contribution in [0.4, 0.5) is 0 Å². The van der Waals surface area contributed by atoms with Crippen LogP contribution in [0.5, 0.6) is 5.75 Å². The molecule has 0 unspecified atom stereocenters. The Morgan fingerprint density at radius 3 is 3.12 bits per heavy atom. The third-order valence-electron chi connectivity index (χ3n) is 1.92. The molecule has 0 fully saturated rings. The highest BCUT2D eigenvalue weighted by Gasteiger charge is 2.03. The fourth-order valence-electron chi connectivity index (χ4n) is 1.21. The molecule has 0 radical (unpaired) electrons. The lowest BCUT2D eigenvalue weighted by Gasteiger charge is -2.04. The lowest BCUT2D eigenvalue weighted by molar-refractivity contribution is 0.329. The summed E-state index contributed by atoms with van der Waals surface area (Å²) in [5.74, 6) is 0.644. The molecule has 84 valence electrons. The molecule has 0 saturated heterocycles. The number of hydrogen-bond donors (Lipinski definition) is 1. The van der Waals surface area contributed by atoms with Gasteiger partial charge in [0.2, 0.25) is 0 Å². The van der Waals surface area contributed by atoms with Crippen LogP contribution >= 0.6 is 23.6 Å². The molecule has 2 N–H and O–H groups in total. The first-order chi connectivity index (χ1) is 7.65. The van der Waals surface area contributed by atoms with Gasteiger partial charge in [0.1, 0.15) is 5.75 Å². The van der Waals surface area contributed by atoms with Gasteiger partial charge in [-0.05, 0) is 12.1 Å². The first-order valence-corrected chi connectivity index (χ1v) is 5.82.